The molecule has 2 atom stereocenters. The molecule has 0 aromatic heterocycles. The Morgan fingerprint density at radius 2 is 1.95 bits per heavy atom. The molecule has 19 heavy (non-hydrogen) atoms. The quantitative estimate of drug-likeness (QED) is 0.845. The van der Waals surface area contributed by atoms with E-state index in [2.05, 4.69) is 12.2 Å². The number of hydrogen-bond donors (Lipinski definition) is 1. The third kappa shape index (κ3) is 1.65. The first kappa shape index (κ1) is 12.9. The number of nitrogens with zero attached hydrogens (tertiary/aromatic N) is 1. The zero-order valence-corrected chi connectivity index (χ0v) is 12.2. The summed E-state index contributed by atoms with van der Waals surface area (Å²) in [7, 11) is 0. The van der Waals surface area contributed by atoms with Crippen LogP contribution in [-0.2, 0) is 9.59 Å². The van der Waals surface area contributed by atoms with E-state index < -0.39 is 5.54 Å². The van der Waals surface area contributed by atoms with E-state index in [0.29, 0.717) is 5.92 Å². The maximum Gasteiger partial charge on any atom is 0.249 e. The average Bonchev–Trinajstić information content (AvgIpc) is 3.14. The number of amides is 2. The van der Waals surface area contributed by atoms with Gasteiger partial charge in [-0.25, -0.2) is 0 Å². The van der Waals surface area contributed by atoms with Crippen molar-refractivity contribution in [2.75, 3.05) is 0 Å². The van der Waals surface area contributed by atoms with Crippen molar-refractivity contribution >= 4 is 11.8 Å². The molecule has 1 N–H and O–H groups in total. The fraction of sp³-hybridized carbons (Fsp3) is 0.867. The minimum absolute atomic E-state index is 0.0220. The number of piperazine rings is 1. The molecule has 1 saturated heterocycles. The molecule has 2 amide bonds. The summed E-state index contributed by atoms with van der Waals surface area (Å²) in [6, 6.07) is -0.320. The number of nitrogens with one attached hydrogen (secondary N) is 1. The van der Waals surface area contributed by atoms with E-state index in [0.717, 1.165) is 32.1 Å². The number of carbonyl (C=O) groups is 2. The first-order chi connectivity index (χ1) is 8.94. The molecule has 2 aliphatic carbocycles. The molecule has 2 saturated carbocycles. The SMILES string of the molecule is CCC1(N2C(=O)C(C)(C3CC3)NC(=O)C2C)CCC1. The highest BCUT2D eigenvalue weighted by atomic mass is 16.2. The lowest BCUT2D eigenvalue weighted by Gasteiger charge is -2.56. The highest BCUT2D eigenvalue weighted by Crippen LogP contribution is 2.48. The van der Waals surface area contributed by atoms with Crippen LogP contribution in [0.2, 0.25) is 0 Å². The van der Waals surface area contributed by atoms with E-state index in [-0.39, 0.29) is 23.4 Å². The van der Waals surface area contributed by atoms with Gasteiger partial charge in [0.05, 0.1) is 0 Å². The van der Waals surface area contributed by atoms with Gasteiger partial charge in [0.1, 0.15) is 11.6 Å². The van der Waals surface area contributed by atoms with E-state index in [9.17, 15) is 9.59 Å². The maximum absolute atomic E-state index is 13.0. The van der Waals surface area contributed by atoms with E-state index in [4.69, 9.17) is 0 Å². The summed E-state index contributed by atoms with van der Waals surface area (Å²) in [4.78, 5) is 27.2. The molecule has 0 bridgehead atoms. The largest absolute Gasteiger partial charge is 0.340 e. The molecule has 0 aromatic carbocycles. The minimum Gasteiger partial charge on any atom is -0.340 e. The van der Waals surface area contributed by atoms with Crippen molar-refractivity contribution in [2.45, 2.75) is 76.4 Å². The van der Waals surface area contributed by atoms with Crippen LogP contribution in [-0.4, -0.2) is 33.8 Å². The lowest BCUT2D eigenvalue weighted by molar-refractivity contribution is -0.167. The zero-order chi connectivity index (χ0) is 13.8. The van der Waals surface area contributed by atoms with Crippen molar-refractivity contribution in [3.63, 3.8) is 0 Å². The second-order valence-corrected chi connectivity index (χ2v) is 6.75. The Morgan fingerprint density at radius 3 is 2.37 bits per heavy atom. The van der Waals surface area contributed by atoms with Gasteiger partial charge in [-0.3, -0.25) is 9.59 Å². The average molecular weight is 264 g/mol. The Morgan fingerprint density at radius 1 is 1.32 bits per heavy atom. The third-order valence-corrected chi connectivity index (χ3v) is 5.66. The highest BCUT2D eigenvalue weighted by molar-refractivity contribution is 6.00. The van der Waals surface area contributed by atoms with Crippen LogP contribution < -0.4 is 5.32 Å². The van der Waals surface area contributed by atoms with Gasteiger partial charge >= 0.3 is 0 Å². The number of hydrogen-bond acceptors (Lipinski definition) is 2. The minimum atomic E-state index is -0.651. The van der Waals surface area contributed by atoms with Crippen molar-refractivity contribution < 1.29 is 9.59 Å². The van der Waals surface area contributed by atoms with Gasteiger partial charge in [-0.2, -0.15) is 0 Å². The van der Waals surface area contributed by atoms with Crippen molar-refractivity contribution in [2.24, 2.45) is 5.92 Å². The van der Waals surface area contributed by atoms with Gasteiger partial charge in [-0.1, -0.05) is 6.92 Å². The zero-order valence-electron chi connectivity index (χ0n) is 12.2. The summed E-state index contributed by atoms with van der Waals surface area (Å²) in [5.74, 6) is 0.519. The van der Waals surface area contributed by atoms with Crippen LogP contribution in [0.1, 0.15) is 59.3 Å². The molecule has 3 aliphatic rings. The third-order valence-electron chi connectivity index (χ3n) is 5.66. The van der Waals surface area contributed by atoms with E-state index in [1.165, 1.54) is 6.42 Å². The Bertz CT molecular complexity index is 420. The van der Waals surface area contributed by atoms with Gasteiger partial charge in [-0.15, -0.1) is 0 Å². The molecule has 4 nitrogen and oxygen atoms in total. The molecule has 4 heteroatoms. The predicted molar refractivity (Wildman–Crippen MR) is 72.5 cm³/mol. The van der Waals surface area contributed by atoms with E-state index in [1.54, 1.807) is 0 Å². The van der Waals surface area contributed by atoms with Gasteiger partial charge in [0, 0.05) is 5.54 Å². The van der Waals surface area contributed by atoms with Crippen molar-refractivity contribution in [1.82, 2.24) is 10.2 Å². The van der Waals surface area contributed by atoms with Crippen molar-refractivity contribution in [1.29, 1.82) is 0 Å². The molecule has 0 radical (unpaired) electrons. The summed E-state index contributed by atoms with van der Waals surface area (Å²) in [6.07, 6.45) is 6.35. The van der Waals surface area contributed by atoms with Crippen LogP contribution in [0.5, 0.6) is 0 Å². The fourth-order valence-corrected chi connectivity index (χ4v) is 3.87. The van der Waals surface area contributed by atoms with Gasteiger partial charge in [-0.05, 0) is 58.3 Å². The monoisotopic (exact) mass is 264 g/mol. The second kappa shape index (κ2) is 3.97. The lowest BCUT2D eigenvalue weighted by Crippen LogP contribution is -2.75. The summed E-state index contributed by atoms with van der Waals surface area (Å²) in [6.45, 7) is 5.93. The van der Waals surface area contributed by atoms with E-state index >= 15 is 0 Å². The van der Waals surface area contributed by atoms with Crippen LogP contribution in [0.3, 0.4) is 0 Å². The Balaban J connectivity index is 1.96. The smallest absolute Gasteiger partial charge is 0.249 e. The molecule has 3 fully saturated rings. The fourth-order valence-electron chi connectivity index (χ4n) is 3.87. The number of rotatable bonds is 3. The molecule has 1 aliphatic heterocycles. The van der Waals surface area contributed by atoms with Crippen molar-refractivity contribution in [3.8, 4) is 0 Å². The molecule has 1 heterocycles. The molecule has 2 unspecified atom stereocenters. The molecule has 0 aromatic rings. The van der Waals surface area contributed by atoms with Crippen LogP contribution in [0.4, 0.5) is 0 Å². The molecule has 3 rings (SSSR count). The standard InChI is InChI=1S/C15H24N2O2/c1-4-15(8-5-9-15)17-10(2)12(18)16-14(3,13(17)19)11-6-7-11/h10-11H,4-9H2,1-3H3,(H,16,18). The highest BCUT2D eigenvalue weighted by Gasteiger charge is 2.59. The summed E-state index contributed by atoms with van der Waals surface area (Å²) < 4.78 is 0. The van der Waals surface area contributed by atoms with E-state index in [1.807, 2.05) is 18.7 Å². The first-order valence-corrected chi connectivity index (χ1v) is 7.60. The van der Waals surface area contributed by atoms with Gasteiger partial charge in [0.15, 0.2) is 0 Å². The van der Waals surface area contributed by atoms with Crippen LogP contribution in [0, 0.1) is 5.92 Å². The second-order valence-electron chi connectivity index (χ2n) is 6.75. The summed E-state index contributed by atoms with van der Waals surface area (Å²) in [5, 5.41) is 3.00. The van der Waals surface area contributed by atoms with Crippen LogP contribution >= 0.6 is 0 Å². The van der Waals surface area contributed by atoms with Gasteiger partial charge < -0.3 is 10.2 Å². The van der Waals surface area contributed by atoms with Crippen molar-refractivity contribution in [3.05, 3.63) is 0 Å². The normalized spacial score (nSPS) is 37.8. The molecule has 106 valence electrons. The molecule has 0 spiro atoms. The molecular weight excluding hydrogens is 240 g/mol. The van der Waals surface area contributed by atoms with Crippen LogP contribution in [0.15, 0.2) is 0 Å². The summed E-state index contributed by atoms with van der Waals surface area (Å²) in [5.41, 5.74) is -0.703. The predicted octanol–water partition coefficient (Wildman–Crippen LogP) is 1.83. The van der Waals surface area contributed by atoms with Crippen LogP contribution in [0.25, 0.3) is 0 Å². The Hall–Kier alpha value is -1.06. The first-order valence-electron chi connectivity index (χ1n) is 7.60. The Labute approximate surface area is 114 Å². The number of carbonyl (C=O) groups excluding carboxylic acids is 2. The van der Waals surface area contributed by atoms with Gasteiger partial charge in [0.2, 0.25) is 11.8 Å². The Kier molecular flexibility index (Phi) is 2.70. The lowest BCUT2D eigenvalue weighted by atomic mass is 9.71. The topological polar surface area (TPSA) is 49.4 Å². The maximum atomic E-state index is 13.0. The van der Waals surface area contributed by atoms with Gasteiger partial charge in [0.25, 0.3) is 0 Å². The molecular formula is C15H24N2O2. The summed E-state index contributed by atoms with van der Waals surface area (Å²) >= 11 is 0.